The van der Waals surface area contributed by atoms with Gasteiger partial charge in [-0.25, -0.2) is 14.3 Å². The summed E-state index contributed by atoms with van der Waals surface area (Å²) in [5, 5.41) is 13.5. The standard InChI is InChI=1S/C28H26F3N5O4/c1-4-5-13-40-26(38)22-16-33-36(20-11-9-18(15-32)10-12-20)24(22)23-17(2)35(27(39)34(3)25(23)37)21-8-6-7-19(14-21)28(29,30)31/h6-12,14,16-17,23H,4-5,13H2,1-3H3. The Labute approximate surface area is 228 Å². The fourth-order valence-electron chi connectivity index (χ4n) is 4.60. The predicted molar refractivity (Wildman–Crippen MR) is 138 cm³/mol. The van der Waals surface area contributed by atoms with Crippen LogP contribution in [0.2, 0.25) is 0 Å². The van der Waals surface area contributed by atoms with E-state index in [2.05, 4.69) is 5.10 Å². The van der Waals surface area contributed by atoms with E-state index in [4.69, 9.17) is 4.74 Å². The molecule has 1 aliphatic rings. The number of rotatable bonds is 7. The van der Waals surface area contributed by atoms with Crippen molar-refractivity contribution < 1.29 is 32.3 Å². The number of esters is 1. The lowest BCUT2D eigenvalue weighted by molar-refractivity contribution is -0.137. The zero-order valence-electron chi connectivity index (χ0n) is 22.0. The van der Waals surface area contributed by atoms with Gasteiger partial charge in [-0.1, -0.05) is 19.4 Å². The Bertz CT molecular complexity index is 1480. The summed E-state index contributed by atoms with van der Waals surface area (Å²) in [6.45, 7) is 3.59. The number of carbonyl (C=O) groups is 3. The third kappa shape index (κ3) is 5.27. The Kier molecular flexibility index (Phi) is 7.95. The molecule has 4 rings (SSSR count). The number of aromatic nitrogens is 2. The first-order valence-electron chi connectivity index (χ1n) is 12.5. The molecule has 12 heteroatoms. The Morgan fingerprint density at radius 3 is 2.45 bits per heavy atom. The number of amides is 3. The van der Waals surface area contributed by atoms with Crippen molar-refractivity contribution >= 4 is 23.6 Å². The molecule has 0 N–H and O–H groups in total. The molecule has 2 heterocycles. The molecule has 0 saturated carbocycles. The molecular weight excluding hydrogens is 527 g/mol. The number of urea groups is 1. The van der Waals surface area contributed by atoms with Gasteiger partial charge in [0.25, 0.3) is 0 Å². The van der Waals surface area contributed by atoms with Crippen molar-refractivity contribution in [1.29, 1.82) is 5.26 Å². The summed E-state index contributed by atoms with van der Waals surface area (Å²) in [6, 6.07) is 10.7. The number of nitrogens with zero attached hydrogens (tertiary/aromatic N) is 5. The lowest BCUT2D eigenvalue weighted by Crippen LogP contribution is -2.59. The maximum absolute atomic E-state index is 13.6. The van der Waals surface area contributed by atoms with E-state index in [1.54, 1.807) is 12.1 Å². The first-order chi connectivity index (χ1) is 19.0. The summed E-state index contributed by atoms with van der Waals surface area (Å²) in [7, 11) is 1.23. The normalized spacial score (nSPS) is 17.6. The van der Waals surface area contributed by atoms with Gasteiger partial charge in [0.2, 0.25) is 5.91 Å². The van der Waals surface area contributed by atoms with Crippen LogP contribution in [0.25, 0.3) is 5.69 Å². The fourth-order valence-corrected chi connectivity index (χ4v) is 4.60. The first-order valence-corrected chi connectivity index (χ1v) is 12.5. The van der Waals surface area contributed by atoms with Gasteiger partial charge < -0.3 is 4.74 Å². The fraction of sp³-hybridized carbons (Fsp3) is 0.321. The molecule has 9 nitrogen and oxygen atoms in total. The molecule has 1 fully saturated rings. The van der Waals surface area contributed by atoms with E-state index in [1.165, 1.54) is 49.1 Å². The molecule has 3 aromatic rings. The van der Waals surface area contributed by atoms with E-state index in [0.29, 0.717) is 17.7 Å². The Morgan fingerprint density at radius 2 is 1.82 bits per heavy atom. The van der Waals surface area contributed by atoms with Crippen LogP contribution >= 0.6 is 0 Å². The van der Waals surface area contributed by atoms with Gasteiger partial charge >= 0.3 is 18.2 Å². The van der Waals surface area contributed by atoms with Crippen molar-refractivity contribution in [3.8, 4) is 11.8 Å². The number of nitriles is 1. The van der Waals surface area contributed by atoms with Crippen LogP contribution in [0.4, 0.5) is 23.7 Å². The number of anilines is 1. The average Bonchev–Trinajstić information content (AvgIpc) is 3.36. The topological polar surface area (TPSA) is 109 Å². The monoisotopic (exact) mass is 553 g/mol. The number of alkyl halides is 3. The van der Waals surface area contributed by atoms with Crippen LogP contribution in [0, 0.1) is 11.3 Å². The smallest absolute Gasteiger partial charge is 0.416 e. The van der Waals surface area contributed by atoms with Gasteiger partial charge in [-0.15, -0.1) is 0 Å². The van der Waals surface area contributed by atoms with E-state index in [9.17, 15) is 32.8 Å². The lowest BCUT2D eigenvalue weighted by atomic mass is 9.89. The summed E-state index contributed by atoms with van der Waals surface area (Å²) >= 11 is 0. The number of carbonyl (C=O) groups excluding carboxylic acids is 3. The van der Waals surface area contributed by atoms with Gasteiger partial charge in [0.15, 0.2) is 0 Å². The van der Waals surface area contributed by atoms with Crippen LogP contribution in [0.5, 0.6) is 0 Å². The highest BCUT2D eigenvalue weighted by Crippen LogP contribution is 2.39. The van der Waals surface area contributed by atoms with Crippen LogP contribution in [-0.2, 0) is 15.7 Å². The highest BCUT2D eigenvalue weighted by Gasteiger charge is 2.47. The summed E-state index contributed by atoms with van der Waals surface area (Å²) in [4.78, 5) is 41.9. The molecule has 0 spiro atoms. The molecule has 40 heavy (non-hydrogen) atoms. The summed E-state index contributed by atoms with van der Waals surface area (Å²) < 4.78 is 47.2. The van der Waals surface area contributed by atoms with E-state index in [-0.39, 0.29) is 23.6 Å². The van der Waals surface area contributed by atoms with Gasteiger partial charge in [-0.3, -0.25) is 14.6 Å². The number of ether oxygens (including phenoxy) is 1. The van der Waals surface area contributed by atoms with Crippen LogP contribution in [-0.4, -0.2) is 52.3 Å². The van der Waals surface area contributed by atoms with E-state index in [1.807, 2.05) is 13.0 Å². The van der Waals surface area contributed by atoms with Gasteiger partial charge in [0, 0.05) is 12.7 Å². The molecule has 1 aliphatic heterocycles. The zero-order chi connectivity index (χ0) is 29.2. The third-order valence-corrected chi connectivity index (χ3v) is 6.72. The second-order valence-electron chi connectivity index (χ2n) is 9.32. The largest absolute Gasteiger partial charge is 0.462 e. The quantitative estimate of drug-likeness (QED) is 0.291. The molecule has 0 aliphatic carbocycles. The average molecular weight is 554 g/mol. The second kappa shape index (κ2) is 11.2. The Hall–Kier alpha value is -4.66. The number of imide groups is 1. The number of halogens is 3. The van der Waals surface area contributed by atoms with Gasteiger partial charge in [0.05, 0.1) is 47.4 Å². The van der Waals surface area contributed by atoms with Crippen molar-refractivity contribution in [1.82, 2.24) is 14.7 Å². The molecule has 0 radical (unpaired) electrons. The maximum Gasteiger partial charge on any atom is 0.416 e. The van der Waals surface area contributed by atoms with E-state index >= 15 is 0 Å². The molecule has 2 atom stereocenters. The third-order valence-electron chi connectivity index (χ3n) is 6.72. The van der Waals surface area contributed by atoms with E-state index < -0.39 is 41.6 Å². The molecule has 0 bridgehead atoms. The molecular formula is C28H26F3N5O4. The van der Waals surface area contributed by atoms with Crippen molar-refractivity contribution in [2.75, 3.05) is 18.6 Å². The number of likely N-dealkylation sites (N-methyl/N-ethyl adjacent to an activating group) is 1. The summed E-state index contributed by atoms with van der Waals surface area (Å²) in [5.74, 6) is -2.60. The second-order valence-corrected chi connectivity index (χ2v) is 9.32. The van der Waals surface area contributed by atoms with Crippen molar-refractivity contribution in [2.24, 2.45) is 0 Å². The van der Waals surface area contributed by atoms with Crippen molar-refractivity contribution in [2.45, 2.75) is 44.8 Å². The molecule has 208 valence electrons. The number of hydrogen-bond donors (Lipinski definition) is 0. The van der Waals surface area contributed by atoms with Crippen LogP contribution in [0.1, 0.15) is 59.8 Å². The molecule has 2 aromatic carbocycles. The highest BCUT2D eigenvalue weighted by atomic mass is 19.4. The first kappa shape index (κ1) is 28.4. The van der Waals surface area contributed by atoms with Gasteiger partial charge in [0.1, 0.15) is 11.5 Å². The minimum atomic E-state index is -4.65. The molecule has 3 amide bonds. The highest BCUT2D eigenvalue weighted by molar-refractivity contribution is 6.09. The predicted octanol–water partition coefficient (Wildman–Crippen LogP) is 5.29. The van der Waals surface area contributed by atoms with Crippen molar-refractivity contribution in [3.05, 3.63) is 77.1 Å². The Balaban J connectivity index is 1.87. The van der Waals surface area contributed by atoms with Crippen LogP contribution < -0.4 is 4.90 Å². The summed E-state index contributed by atoms with van der Waals surface area (Å²) in [6.07, 6.45) is -2.00. The Morgan fingerprint density at radius 1 is 1.12 bits per heavy atom. The van der Waals surface area contributed by atoms with E-state index in [0.717, 1.165) is 28.4 Å². The van der Waals surface area contributed by atoms with Gasteiger partial charge in [-0.2, -0.15) is 23.5 Å². The van der Waals surface area contributed by atoms with Gasteiger partial charge in [-0.05, 0) is 55.8 Å². The number of hydrogen-bond acceptors (Lipinski definition) is 6. The minimum Gasteiger partial charge on any atom is -0.462 e. The SMILES string of the molecule is CCCCOC(=O)c1cnn(-c2ccc(C#N)cc2)c1C1C(=O)N(C)C(=O)N(c2cccc(C(F)(F)F)c2)C1C. The van der Waals surface area contributed by atoms with Crippen LogP contribution in [0.3, 0.4) is 0 Å². The summed E-state index contributed by atoms with van der Waals surface area (Å²) in [5.41, 5.74) is -0.124. The van der Waals surface area contributed by atoms with Crippen LogP contribution in [0.15, 0.2) is 54.7 Å². The molecule has 2 unspecified atom stereocenters. The lowest BCUT2D eigenvalue weighted by Gasteiger charge is -2.42. The molecule has 1 aromatic heterocycles. The number of unbranched alkanes of at least 4 members (excludes halogenated alkanes) is 1. The number of benzene rings is 2. The van der Waals surface area contributed by atoms with Crippen molar-refractivity contribution in [3.63, 3.8) is 0 Å². The zero-order valence-corrected chi connectivity index (χ0v) is 22.0. The molecule has 1 saturated heterocycles. The maximum atomic E-state index is 13.6. The minimum absolute atomic E-state index is 0.0163.